The summed E-state index contributed by atoms with van der Waals surface area (Å²) in [6, 6.07) is 6.92. The number of carboxylic acid groups (broad SMARTS) is 1. The van der Waals surface area contributed by atoms with Gasteiger partial charge in [-0.3, -0.25) is 0 Å². The molecule has 1 aromatic rings. The van der Waals surface area contributed by atoms with Crippen LogP contribution in [0.25, 0.3) is 6.08 Å². The summed E-state index contributed by atoms with van der Waals surface area (Å²) in [6.45, 7) is 6.31. The number of hydrogen-bond donors (Lipinski definition) is 1. The van der Waals surface area contributed by atoms with Gasteiger partial charge in [-0.05, 0) is 23.1 Å². The van der Waals surface area contributed by atoms with Gasteiger partial charge in [-0.25, -0.2) is 4.79 Å². The minimum atomic E-state index is -0.888. The molecule has 0 aromatic heterocycles. The Bertz CT molecular complexity index is 384. The third-order valence-corrected chi connectivity index (χ3v) is 1.91. The van der Waals surface area contributed by atoms with Crippen molar-refractivity contribution in [3.63, 3.8) is 0 Å². The Balaban J connectivity index is 2.92. The van der Waals surface area contributed by atoms with Gasteiger partial charge in [0.1, 0.15) is 0 Å². The van der Waals surface area contributed by atoms with Crippen LogP contribution in [-0.2, 0) is 0 Å². The second kappa shape index (κ2) is 4.30. The minimum absolute atomic E-state index is 0.110. The molecule has 15 heavy (non-hydrogen) atoms. The first-order valence-corrected chi connectivity index (χ1v) is 4.91. The van der Waals surface area contributed by atoms with Crippen molar-refractivity contribution >= 4 is 12.0 Å². The average Bonchev–Trinajstić information content (AvgIpc) is 2.14. The van der Waals surface area contributed by atoms with E-state index in [-0.39, 0.29) is 5.41 Å². The molecule has 80 valence electrons. The fourth-order valence-corrected chi connectivity index (χ4v) is 1.12. The molecule has 0 spiro atoms. The van der Waals surface area contributed by atoms with Crippen LogP contribution in [0.4, 0.5) is 0 Å². The molecule has 0 aliphatic carbocycles. The zero-order chi connectivity index (χ0) is 11.5. The Morgan fingerprint density at radius 1 is 1.33 bits per heavy atom. The van der Waals surface area contributed by atoms with Crippen LogP contribution in [-0.4, -0.2) is 11.1 Å². The highest BCUT2D eigenvalue weighted by molar-refractivity contribution is 5.88. The fourth-order valence-electron chi connectivity index (χ4n) is 1.12. The summed E-state index contributed by atoms with van der Waals surface area (Å²) < 4.78 is 0. The number of rotatable bonds is 2. The molecule has 0 radical (unpaired) electrons. The molecular weight excluding hydrogens is 188 g/mol. The molecule has 0 aliphatic heterocycles. The van der Waals surface area contributed by atoms with E-state index in [1.807, 2.05) is 12.1 Å². The number of carbonyl (C=O) groups is 1. The van der Waals surface area contributed by atoms with Crippen LogP contribution < -0.4 is 0 Å². The molecule has 0 heterocycles. The van der Waals surface area contributed by atoms with Crippen LogP contribution in [0.3, 0.4) is 0 Å². The van der Waals surface area contributed by atoms with Gasteiger partial charge in [-0.1, -0.05) is 45.1 Å². The molecule has 2 nitrogen and oxygen atoms in total. The van der Waals surface area contributed by atoms with Gasteiger partial charge < -0.3 is 5.11 Å². The van der Waals surface area contributed by atoms with Crippen molar-refractivity contribution in [2.24, 2.45) is 5.41 Å². The van der Waals surface area contributed by atoms with E-state index >= 15 is 0 Å². The van der Waals surface area contributed by atoms with E-state index in [1.54, 1.807) is 18.2 Å². The first kappa shape index (κ1) is 11.5. The highest BCUT2D eigenvalue weighted by atomic mass is 16.4. The zero-order valence-corrected chi connectivity index (χ0v) is 9.32. The summed E-state index contributed by atoms with van der Waals surface area (Å²) in [6.07, 6.45) is 4.01. The molecule has 2 heteroatoms. The number of carboxylic acids is 1. The van der Waals surface area contributed by atoms with Crippen molar-refractivity contribution < 1.29 is 9.90 Å². The second-order valence-corrected chi connectivity index (χ2v) is 4.63. The van der Waals surface area contributed by atoms with E-state index in [9.17, 15) is 4.79 Å². The fraction of sp³-hybridized carbons (Fsp3) is 0.308. The monoisotopic (exact) mass is 204 g/mol. The van der Waals surface area contributed by atoms with Crippen LogP contribution in [0.15, 0.2) is 30.3 Å². The molecule has 1 N–H and O–H groups in total. The molecule has 0 unspecified atom stereocenters. The largest absolute Gasteiger partial charge is 0.478 e. The standard InChI is InChI=1S/C13H16O2/c1-13(2,3)8-7-10-5-4-6-11(9-10)12(14)15/h4-9H,1-3H3,(H,14,15)/b8-7+. The molecule has 0 saturated carbocycles. The van der Waals surface area contributed by atoms with Crippen LogP contribution in [0.5, 0.6) is 0 Å². The molecular formula is C13H16O2. The Hall–Kier alpha value is -1.57. The van der Waals surface area contributed by atoms with Gasteiger partial charge in [-0.2, -0.15) is 0 Å². The van der Waals surface area contributed by atoms with E-state index < -0.39 is 5.97 Å². The zero-order valence-electron chi connectivity index (χ0n) is 9.32. The average molecular weight is 204 g/mol. The van der Waals surface area contributed by atoms with Gasteiger partial charge in [-0.15, -0.1) is 0 Å². The van der Waals surface area contributed by atoms with Gasteiger partial charge in [0.25, 0.3) is 0 Å². The second-order valence-electron chi connectivity index (χ2n) is 4.63. The number of benzene rings is 1. The lowest BCUT2D eigenvalue weighted by atomic mass is 9.95. The Kier molecular flexibility index (Phi) is 3.30. The van der Waals surface area contributed by atoms with Crippen LogP contribution >= 0.6 is 0 Å². The molecule has 0 saturated heterocycles. The van der Waals surface area contributed by atoms with E-state index in [0.717, 1.165) is 5.56 Å². The Labute approximate surface area is 90.3 Å². The predicted octanol–water partition coefficient (Wildman–Crippen LogP) is 3.44. The van der Waals surface area contributed by atoms with Gasteiger partial charge >= 0.3 is 5.97 Å². The van der Waals surface area contributed by atoms with Crippen molar-refractivity contribution in [3.05, 3.63) is 41.5 Å². The minimum Gasteiger partial charge on any atom is -0.478 e. The van der Waals surface area contributed by atoms with Crippen molar-refractivity contribution in [2.75, 3.05) is 0 Å². The third-order valence-electron chi connectivity index (χ3n) is 1.91. The lowest BCUT2D eigenvalue weighted by molar-refractivity contribution is 0.0697. The maximum atomic E-state index is 10.7. The Morgan fingerprint density at radius 3 is 2.53 bits per heavy atom. The van der Waals surface area contributed by atoms with Crippen molar-refractivity contribution in [3.8, 4) is 0 Å². The van der Waals surface area contributed by atoms with E-state index in [0.29, 0.717) is 5.56 Å². The SMILES string of the molecule is CC(C)(C)/C=C/c1cccc(C(=O)O)c1. The molecule has 0 bridgehead atoms. The van der Waals surface area contributed by atoms with Crippen LogP contribution in [0.2, 0.25) is 0 Å². The summed E-state index contributed by atoms with van der Waals surface area (Å²) in [4.78, 5) is 10.7. The van der Waals surface area contributed by atoms with E-state index in [4.69, 9.17) is 5.11 Å². The van der Waals surface area contributed by atoms with Crippen molar-refractivity contribution in [1.29, 1.82) is 0 Å². The van der Waals surface area contributed by atoms with Crippen molar-refractivity contribution in [1.82, 2.24) is 0 Å². The molecule has 0 fully saturated rings. The normalized spacial score (nSPS) is 11.9. The van der Waals surface area contributed by atoms with E-state index in [1.165, 1.54) is 0 Å². The van der Waals surface area contributed by atoms with Gasteiger partial charge in [0.15, 0.2) is 0 Å². The maximum absolute atomic E-state index is 10.7. The van der Waals surface area contributed by atoms with Gasteiger partial charge in [0.05, 0.1) is 5.56 Å². The molecule has 0 aliphatic rings. The third kappa shape index (κ3) is 3.98. The molecule has 0 atom stereocenters. The number of hydrogen-bond acceptors (Lipinski definition) is 1. The summed E-state index contributed by atoms with van der Waals surface area (Å²) in [5.41, 5.74) is 1.36. The molecule has 1 aromatic carbocycles. The lowest BCUT2D eigenvalue weighted by Gasteiger charge is -2.10. The topological polar surface area (TPSA) is 37.3 Å². The summed E-state index contributed by atoms with van der Waals surface area (Å²) in [5, 5.41) is 8.81. The van der Waals surface area contributed by atoms with Crippen molar-refractivity contribution in [2.45, 2.75) is 20.8 Å². The quantitative estimate of drug-likeness (QED) is 0.801. The number of aromatic carboxylic acids is 1. The number of allylic oxidation sites excluding steroid dienone is 1. The molecule has 0 amide bonds. The Morgan fingerprint density at radius 2 is 2.00 bits per heavy atom. The smallest absolute Gasteiger partial charge is 0.335 e. The highest BCUT2D eigenvalue weighted by Crippen LogP contribution is 2.17. The van der Waals surface area contributed by atoms with E-state index in [2.05, 4.69) is 26.8 Å². The van der Waals surface area contributed by atoms with Crippen LogP contribution in [0.1, 0.15) is 36.7 Å². The summed E-state index contributed by atoms with van der Waals surface area (Å²) in [5.74, 6) is -0.888. The molecule has 1 rings (SSSR count). The van der Waals surface area contributed by atoms with Gasteiger partial charge in [0, 0.05) is 0 Å². The summed E-state index contributed by atoms with van der Waals surface area (Å²) in [7, 11) is 0. The summed E-state index contributed by atoms with van der Waals surface area (Å²) >= 11 is 0. The first-order valence-electron chi connectivity index (χ1n) is 4.91. The predicted molar refractivity (Wildman–Crippen MR) is 61.9 cm³/mol. The highest BCUT2D eigenvalue weighted by Gasteiger charge is 2.05. The van der Waals surface area contributed by atoms with Crippen LogP contribution in [0, 0.1) is 5.41 Å². The first-order chi connectivity index (χ1) is 6.88. The maximum Gasteiger partial charge on any atom is 0.335 e. The van der Waals surface area contributed by atoms with Gasteiger partial charge in [0.2, 0.25) is 0 Å². The lowest BCUT2D eigenvalue weighted by Crippen LogP contribution is -1.98.